The molecule has 1 saturated heterocycles. The highest BCUT2D eigenvalue weighted by Gasteiger charge is 2.41. The Morgan fingerprint density at radius 1 is 1.41 bits per heavy atom. The Labute approximate surface area is 103 Å². The van der Waals surface area contributed by atoms with Gasteiger partial charge in [0.05, 0.1) is 22.7 Å². The fourth-order valence-electron chi connectivity index (χ4n) is 2.53. The van der Waals surface area contributed by atoms with E-state index in [9.17, 15) is 8.42 Å². The van der Waals surface area contributed by atoms with Crippen LogP contribution in [0.1, 0.15) is 38.6 Å². The zero-order valence-electron chi connectivity index (χ0n) is 10.7. The zero-order valence-corrected chi connectivity index (χ0v) is 11.5. The van der Waals surface area contributed by atoms with Gasteiger partial charge in [0.1, 0.15) is 0 Å². The molecule has 96 valence electrons. The summed E-state index contributed by atoms with van der Waals surface area (Å²) in [6, 6.07) is 2.09. The fraction of sp³-hybridized carbons (Fsp3) is 0.750. The molecule has 0 N–H and O–H groups in total. The average molecular weight is 256 g/mol. The van der Waals surface area contributed by atoms with Crippen molar-refractivity contribution in [3.63, 3.8) is 0 Å². The Morgan fingerprint density at radius 2 is 2.12 bits per heavy atom. The van der Waals surface area contributed by atoms with Gasteiger partial charge in [0, 0.05) is 5.69 Å². The van der Waals surface area contributed by atoms with Gasteiger partial charge in [0.15, 0.2) is 9.84 Å². The molecule has 1 aliphatic heterocycles. The molecule has 2 rings (SSSR count). The second-order valence-electron chi connectivity index (χ2n) is 5.08. The average Bonchev–Trinajstić information content (AvgIpc) is 2.80. The van der Waals surface area contributed by atoms with Crippen molar-refractivity contribution in [1.29, 1.82) is 0 Å². The summed E-state index contributed by atoms with van der Waals surface area (Å²) in [7, 11) is -2.89. The molecular formula is C12H20N2O2S. The molecule has 4 nitrogen and oxygen atoms in total. The highest BCUT2D eigenvalue weighted by atomic mass is 32.2. The lowest BCUT2D eigenvalue weighted by Crippen LogP contribution is -2.33. The Bertz CT molecular complexity index is 519. The number of nitrogens with zero attached hydrogens (tertiary/aromatic N) is 2. The van der Waals surface area contributed by atoms with Gasteiger partial charge in [-0.05, 0) is 32.3 Å². The molecule has 0 aliphatic carbocycles. The minimum absolute atomic E-state index is 0.220. The van der Waals surface area contributed by atoms with Crippen molar-refractivity contribution in [2.75, 3.05) is 11.5 Å². The van der Waals surface area contributed by atoms with Crippen LogP contribution in [0.15, 0.2) is 6.07 Å². The highest BCUT2D eigenvalue weighted by Crippen LogP contribution is 2.31. The quantitative estimate of drug-likeness (QED) is 0.824. The van der Waals surface area contributed by atoms with Crippen molar-refractivity contribution in [3.8, 4) is 0 Å². The van der Waals surface area contributed by atoms with E-state index in [1.54, 1.807) is 0 Å². The van der Waals surface area contributed by atoms with Gasteiger partial charge in [-0.3, -0.25) is 4.68 Å². The van der Waals surface area contributed by atoms with E-state index < -0.39 is 9.84 Å². The maximum absolute atomic E-state index is 11.7. The summed E-state index contributed by atoms with van der Waals surface area (Å²) in [5.41, 5.74) is 1.84. The third kappa shape index (κ3) is 2.25. The molecule has 0 saturated carbocycles. The highest BCUT2D eigenvalue weighted by molar-refractivity contribution is 7.91. The third-order valence-electron chi connectivity index (χ3n) is 3.55. The summed E-state index contributed by atoms with van der Waals surface area (Å²) in [4.78, 5) is 0. The SMILES string of the molecule is CCc1cc(CC)n(C2(C)CCS(=O)(=O)C2)n1. The Hall–Kier alpha value is -0.840. The van der Waals surface area contributed by atoms with Crippen LogP contribution in [0.4, 0.5) is 0 Å². The lowest BCUT2D eigenvalue weighted by atomic mass is 10.0. The molecule has 1 aromatic heterocycles. The third-order valence-corrected chi connectivity index (χ3v) is 5.44. The van der Waals surface area contributed by atoms with Crippen LogP contribution >= 0.6 is 0 Å². The van der Waals surface area contributed by atoms with Gasteiger partial charge in [-0.2, -0.15) is 5.10 Å². The molecule has 1 aromatic rings. The summed E-state index contributed by atoms with van der Waals surface area (Å²) in [5.74, 6) is 0.506. The van der Waals surface area contributed by atoms with E-state index in [-0.39, 0.29) is 17.0 Å². The van der Waals surface area contributed by atoms with Gasteiger partial charge in [-0.1, -0.05) is 13.8 Å². The van der Waals surface area contributed by atoms with Gasteiger partial charge < -0.3 is 0 Å². The zero-order chi connectivity index (χ0) is 12.7. The van der Waals surface area contributed by atoms with Crippen LogP contribution in [0.3, 0.4) is 0 Å². The molecule has 0 bridgehead atoms. The molecular weight excluding hydrogens is 236 g/mol. The van der Waals surface area contributed by atoms with Crippen molar-refractivity contribution in [2.24, 2.45) is 0 Å². The van der Waals surface area contributed by atoms with Gasteiger partial charge in [0.25, 0.3) is 0 Å². The summed E-state index contributed by atoms with van der Waals surface area (Å²) in [5, 5.41) is 4.57. The molecule has 0 aromatic carbocycles. The lowest BCUT2D eigenvalue weighted by Gasteiger charge is -2.25. The molecule has 0 amide bonds. The molecule has 17 heavy (non-hydrogen) atoms. The minimum Gasteiger partial charge on any atom is -0.262 e. The molecule has 5 heteroatoms. The number of hydrogen-bond acceptors (Lipinski definition) is 3. The molecule has 1 aliphatic rings. The predicted octanol–water partition coefficient (Wildman–Crippen LogP) is 1.54. The van der Waals surface area contributed by atoms with E-state index in [2.05, 4.69) is 25.0 Å². The lowest BCUT2D eigenvalue weighted by molar-refractivity contribution is 0.317. The number of rotatable bonds is 3. The van der Waals surface area contributed by atoms with Gasteiger partial charge >= 0.3 is 0 Å². The van der Waals surface area contributed by atoms with Crippen molar-refractivity contribution in [3.05, 3.63) is 17.5 Å². The first kappa shape index (κ1) is 12.6. The van der Waals surface area contributed by atoms with Crippen molar-refractivity contribution >= 4 is 9.84 Å². The second-order valence-corrected chi connectivity index (χ2v) is 7.27. The van der Waals surface area contributed by atoms with Crippen LogP contribution in [-0.4, -0.2) is 29.7 Å². The van der Waals surface area contributed by atoms with E-state index in [1.165, 1.54) is 0 Å². The summed E-state index contributed by atoms with van der Waals surface area (Å²) >= 11 is 0. The Balaban J connectivity index is 2.43. The van der Waals surface area contributed by atoms with Crippen LogP contribution in [0.5, 0.6) is 0 Å². The first-order chi connectivity index (χ1) is 7.90. The Kier molecular flexibility index (Phi) is 3.06. The maximum atomic E-state index is 11.7. The smallest absolute Gasteiger partial charge is 0.152 e. The monoisotopic (exact) mass is 256 g/mol. The number of aryl methyl sites for hydroxylation is 2. The fourth-order valence-corrected chi connectivity index (χ4v) is 4.64. The molecule has 0 spiro atoms. The molecule has 1 atom stereocenters. The first-order valence-corrected chi connectivity index (χ1v) is 8.01. The minimum atomic E-state index is -2.89. The van der Waals surface area contributed by atoms with Crippen molar-refractivity contribution in [2.45, 2.75) is 45.6 Å². The topological polar surface area (TPSA) is 52.0 Å². The second kappa shape index (κ2) is 4.12. The van der Waals surface area contributed by atoms with E-state index >= 15 is 0 Å². The van der Waals surface area contributed by atoms with Crippen LogP contribution < -0.4 is 0 Å². The van der Waals surface area contributed by atoms with Gasteiger partial charge in [-0.25, -0.2) is 8.42 Å². The van der Waals surface area contributed by atoms with E-state index in [4.69, 9.17) is 0 Å². The summed E-state index contributed by atoms with van der Waals surface area (Å²) in [6.45, 7) is 6.16. The first-order valence-electron chi connectivity index (χ1n) is 6.19. The van der Waals surface area contributed by atoms with Crippen molar-refractivity contribution < 1.29 is 8.42 Å². The van der Waals surface area contributed by atoms with Crippen LogP contribution in [0.2, 0.25) is 0 Å². The molecule has 0 radical (unpaired) electrons. The predicted molar refractivity (Wildman–Crippen MR) is 67.9 cm³/mol. The van der Waals surface area contributed by atoms with Gasteiger partial charge in [-0.15, -0.1) is 0 Å². The van der Waals surface area contributed by atoms with E-state index in [1.807, 2.05) is 11.6 Å². The maximum Gasteiger partial charge on any atom is 0.152 e. The normalized spacial score (nSPS) is 27.5. The van der Waals surface area contributed by atoms with Crippen LogP contribution in [-0.2, 0) is 28.2 Å². The number of hydrogen-bond donors (Lipinski definition) is 0. The van der Waals surface area contributed by atoms with E-state index in [0.29, 0.717) is 6.42 Å². The largest absolute Gasteiger partial charge is 0.262 e. The number of aromatic nitrogens is 2. The number of sulfone groups is 1. The van der Waals surface area contributed by atoms with Crippen LogP contribution in [0.25, 0.3) is 0 Å². The summed E-state index contributed by atoms with van der Waals surface area (Å²) in [6.07, 6.45) is 2.46. The van der Waals surface area contributed by atoms with Crippen LogP contribution in [0, 0.1) is 0 Å². The van der Waals surface area contributed by atoms with Crippen molar-refractivity contribution in [1.82, 2.24) is 9.78 Å². The van der Waals surface area contributed by atoms with Gasteiger partial charge in [0.2, 0.25) is 0 Å². The summed E-state index contributed by atoms with van der Waals surface area (Å²) < 4.78 is 25.3. The molecule has 1 unspecified atom stereocenters. The molecule has 2 heterocycles. The standard InChI is InChI=1S/C12H20N2O2S/c1-4-10-8-11(5-2)14(13-10)12(3)6-7-17(15,16)9-12/h8H,4-7,9H2,1-3H3. The van der Waals surface area contributed by atoms with E-state index in [0.717, 1.165) is 24.2 Å². The molecule has 1 fully saturated rings. The Morgan fingerprint density at radius 3 is 2.59 bits per heavy atom.